The summed E-state index contributed by atoms with van der Waals surface area (Å²) in [5, 5.41) is 5.22. The van der Waals surface area contributed by atoms with Crippen LogP contribution in [0.25, 0.3) is 0 Å². The van der Waals surface area contributed by atoms with Crippen molar-refractivity contribution in [1.29, 1.82) is 0 Å². The third-order valence-corrected chi connectivity index (χ3v) is 3.60. The molecule has 1 aliphatic rings. The van der Waals surface area contributed by atoms with Gasteiger partial charge in [0.15, 0.2) is 0 Å². The van der Waals surface area contributed by atoms with E-state index in [1.165, 1.54) is 30.0 Å². The van der Waals surface area contributed by atoms with E-state index in [0.717, 1.165) is 0 Å². The van der Waals surface area contributed by atoms with E-state index in [1.807, 2.05) is 0 Å². The minimum atomic E-state index is -0.631. The summed E-state index contributed by atoms with van der Waals surface area (Å²) in [6, 6.07) is 4.46. The fourth-order valence-corrected chi connectivity index (χ4v) is 2.51. The summed E-state index contributed by atoms with van der Waals surface area (Å²) in [7, 11) is 0. The van der Waals surface area contributed by atoms with E-state index < -0.39 is 11.4 Å². The highest BCUT2D eigenvalue weighted by Crippen LogP contribution is 2.29. The molecule has 0 aromatic heterocycles. The van der Waals surface area contributed by atoms with Crippen molar-refractivity contribution in [2.45, 2.75) is 33.2 Å². The number of nitrogens with zero attached hydrogens (tertiary/aromatic N) is 1. The van der Waals surface area contributed by atoms with Crippen LogP contribution in [-0.4, -0.2) is 47.2 Å². The van der Waals surface area contributed by atoms with Gasteiger partial charge in [0, 0.05) is 31.1 Å². The van der Waals surface area contributed by atoms with Crippen molar-refractivity contribution in [2.24, 2.45) is 0 Å². The first-order valence-corrected chi connectivity index (χ1v) is 7.68. The first-order chi connectivity index (χ1) is 11.1. The molecule has 1 aromatic carbocycles. The van der Waals surface area contributed by atoms with E-state index in [1.54, 1.807) is 20.8 Å². The summed E-state index contributed by atoms with van der Waals surface area (Å²) in [4.78, 5) is 49.0. The molecule has 4 amide bonds. The third kappa shape index (κ3) is 3.45. The molecule has 0 atom stereocenters. The molecule has 0 fully saturated rings. The molecule has 7 nitrogen and oxygen atoms in total. The minimum absolute atomic E-state index is 0.173. The second-order valence-electron chi connectivity index (χ2n) is 6.62. The van der Waals surface area contributed by atoms with Crippen molar-refractivity contribution in [3.05, 3.63) is 34.9 Å². The number of amides is 4. The molecule has 1 aliphatic heterocycles. The number of carbonyl (C=O) groups is 4. The van der Waals surface area contributed by atoms with Crippen molar-refractivity contribution in [2.75, 3.05) is 13.1 Å². The Bertz CT molecular complexity index is 719. The minimum Gasteiger partial charge on any atom is -0.355 e. The van der Waals surface area contributed by atoms with Gasteiger partial charge in [0.05, 0.1) is 11.1 Å². The zero-order valence-electron chi connectivity index (χ0n) is 14.2. The Kier molecular flexibility index (Phi) is 4.73. The molecule has 0 spiro atoms. The second kappa shape index (κ2) is 6.43. The van der Waals surface area contributed by atoms with Crippen LogP contribution in [0, 0.1) is 0 Å². The summed E-state index contributed by atoms with van der Waals surface area (Å²) >= 11 is 0. The van der Waals surface area contributed by atoms with E-state index in [-0.39, 0.29) is 29.8 Å². The molecular formula is C17H21N3O4. The van der Waals surface area contributed by atoms with E-state index >= 15 is 0 Å². The largest absolute Gasteiger partial charge is 0.355 e. The molecule has 2 N–H and O–H groups in total. The fraction of sp³-hybridized carbons (Fsp3) is 0.412. The number of hydrogen-bond donors (Lipinski definition) is 2. The van der Waals surface area contributed by atoms with Crippen molar-refractivity contribution in [1.82, 2.24) is 15.5 Å². The summed E-state index contributed by atoms with van der Waals surface area (Å²) in [5.74, 6) is -1.28. The fourth-order valence-electron chi connectivity index (χ4n) is 2.51. The van der Waals surface area contributed by atoms with E-state index in [0.29, 0.717) is 17.7 Å². The number of hydrogen-bond acceptors (Lipinski definition) is 4. The monoisotopic (exact) mass is 331 g/mol. The van der Waals surface area contributed by atoms with Crippen LogP contribution in [0.5, 0.6) is 0 Å². The van der Waals surface area contributed by atoms with Gasteiger partial charge in [-0.2, -0.15) is 0 Å². The maximum Gasteiger partial charge on any atom is 0.262 e. The van der Waals surface area contributed by atoms with Crippen LogP contribution in [0.4, 0.5) is 0 Å². The highest BCUT2D eigenvalue weighted by molar-refractivity contribution is 6.22. The molecule has 2 rings (SSSR count). The van der Waals surface area contributed by atoms with E-state index in [4.69, 9.17) is 0 Å². The molecule has 128 valence electrons. The molecule has 0 bridgehead atoms. The molecule has 7 heteroatoms. The van der Waals surface area contributed by atoms with Gasteiger partial charge in [0.25, 0.3) is 17.7 Å². The summed E-state index contributed by atoms with van der Waals surface area (Å²) in [6.07, 6.45) is 0. The van der Waals surface area contributed by atoms with Gasteiger partial charge < -0.3 is 10.6 Å². The molecule has 0 saturated carbocycles. The van der Waals surface area contributed by atoms with E-state index in [2.05, 4.69) is 10.6 Å². The van der Waals surface area contributed by atoms with Crippen molar-refractivity contribution < 1.29 is 19.2 Å². The molecule has 1 heterocycles. The highest BCUT2D eigenvalue weighted by atomic mass is 16.2. The van der Waals surface area contributed by atoms with Gasteiger partial charge in [-0.25, -0.2) is 0 Å². The van der Waals surface area contributed by atoms with Gasteiger partial charge in [-0.15, -0.1) is 0 Å². The Hall–Kier alpha value is -2.70. The summed E-state index contributed by atoms with van der Waals surface area (Å²) in [5.41, 5.74) is 0.219. The van der Waals surface area contributed by atoms with Crippen molar-refractivity contribution >= 4 is 23.6 Å². The van der Waals surface area contributed by atoms with Gasteiger partial charge in [-0.05, 0) is 39.0 Å². The molecule has 0 saturated heterocycles. The highest BCUT2D eigenvalue weighted by Gasteiger charge is 2.42. The van der Waals surface area contributed by atoms with Gasteiger partial charge in [-0.3, -0.25) is 24.1 Å². The predicted octanol–water partition coefficient (Wildman–Crippen LogP) is 0.947. The molecule has 0 unspecified atom stereocenters. The smallest absolute Gasteiger partial charge is 0.262 e. The molecule has 1 aromatic rings. The van der Waals surface area contributed by atoms with Crippen LogP contribution < -0.4 is 10.6 Å². The zero-order valence-corrected chi connectivity index (χ0v) is 14.2. The van der Waals surface area contributed by atoms with Crippen LogP contribution in [0.2, 0.25) is 0 Å². The number of imide groups is 1. The Morgan fingerprint density at radius 2 is 1.58 bits per heavy atom. The maximum absolute atomic E-state index is 12.5. The Labute approximate surface area is 140 Å². The van der Waals surface area contributed by atoms with Crippen molar-refractivity contribution in [3.63, 3.8) is 0 Å². The quantitative estimate of drug-likeness (QED) is 0.634. The van der Waals surface area contributed by atoms with Crippen molar-refractivity contribution in [3.8, 4) is 0 Å². The normalized spacial score (nSPS) is 13.8. The lowest BCUT2D eigenvalue weighted by Gasteiger charge is -2.29. The number of fused-ring (bicyclic) bond motifs is 1. The van der Waals surface area contributed by atoms with Crippen LogP contribution >= 0.6 is 0 Å². The standard InChI is InChI=1S/C17H21N3O4/c1-10(21)18-7-8-19-14(22)11-5-6-12-13(9-11)16(24)20(15(12)23)17(2,3)4/h5-6,9H,7-8H2,1-4H3,(H,18,21)(H,19,22). The Morgan fingerprint density at radius 1 is 1.00 bits per heavy atom. The van der Waals surface area contributed by atoms with Gasteiger partial charge in [-0.1, -0.05) is 0 Å². The van der Waals surface area contributed by atoms with Gasteiger partial charge in [0.1, 0.15) is 0 Å². The number of rotatable bonds is 4. The number of benzene rings is 1. The first kappa shape index (κ1) is 17.7. The van der Waals surface area contributed by atoms with Crippen LogP contribution in [0.15, 0.2) is 18.2 Å². The topological polar surface area (TPSA) is 95.6 Å². The predicted molar refractivity (Wildman–Crippen MR) is 87.7 cm³/mol. The first-order valence-electron chi connectivity index (χ1n) is 7.68. The summed E-state index contributed by atoms with van der Waals surface area (Å²) < 4.78 is 0. The van der Waals surface area contributed by atoms with Crippen LogP contribution in [-0.2, 0) is 4.79 Å². The summed E-state index contributed by atoms with van der Waals surface area (Å²) in [6.45, 7) is 7.34. The van der Waals surface area contributed by atoms with E-state index in [9.17, 15) is 19.2 Å². The average molecular weight is 331 g/mol. The number of carbonyl (C=O) groups excluding carboxylic acids is 4. The lowest BCUT2D eigenvalue weighted by molar-refractivity contribution is -0.118. The number of nitrogens with one attached hydrogen (secondary N) is 2. The zero-order chi connectivity index (χ0) is 18.1. The van der Waals surface area contributed by atoms with Crippen LogP contribution in [0.3, 0.4) is 0 Å². The Balaban J connectivity index is 2.15. The van der Waals surface area contributed by atoms with Gasteiger partial charge >= 0.3 is 0 Å². The molecule has 24 heavy (non-hydrogen) atoms. The lowest BCUT2D eigenvalue weighted by Crippen LogP contribution is -2.45. The van der Waals surface area contributed by atoms with Crippen LogP contribution in [0.1, 0.15) is 58.8 Å². The lowest BCUT2D eigenvalue weighted by atomic mass is 10.1. The average Bonchev–Trinajstić information content (AvgIpc) is 2.74. The molecular weight excluding hydrogens is 310 g/mol. The Morgan fingerprint density at radius 3 is 2.17 bits per heavy atom. The maximum atomic E-state index is 12.5. The molecule has 0 radical (unpaired) electrons. The molecule has 0 aliphatic carbocycles. The second-order valence-corrected chi connectivity index (χ2v) is 6.62. The third-order valence-electron chi connectivity index (χ3n) is 3.60. The van der Waals surface area contributed by atoms with Gasteiger partial charge in [0.2, 0.25) is 5.91 Å². The SMILES string of the molecule is CC(=O)NCCNC(=O)c1ccc2c(c1)C(=O)N(C(C)(C)C)C2=O.